The normalized spacial score (nSPS) is 14.0. The lowest BCUT2D eigenvalue weighted by atomic mass is 10.1. The maximum Gasteiger partial charge on any atom is 0.387 e. The summed E-state index contributed by atoms with van der Waals surface area (Å²) in [7, 11) is 0. The summed E-state index contributed by atoms with van der Waals surface area (Å²) >= 11 is 0. The van der Waals surface area contributed by atoms with Crippen LogP contribution in [0.25, 0.3) is 10.9 Å². The van der Waals surface area contributed by atoms with Crippen molar-refractivity contribution in [1.29, 1.82) is 0 Å². The van der Waals surface area contributed by atoms with Crippen molar-refractivity contribution < 1.29 is 27.4 Å². The van der Waals surface area contributed by atoms with E-state index in [0.717, 1.165) is 6.07 Å². The summed E-state index contributed by atoms with van der Waals surface area (Å²) < 4.78 is 53.6. The predicted molar refractivity (Wildman–Crippen MR) is 123 cm³/mol. The number of hydrogen-bond donors (Lipinski definition) is 0. The topological polar surface area (TPSA) is 89.8 Å². The number of ether oxygens (including phenoxy) is 2. The summed E-state index contributed by atoms with van der Waals surface area (Å²) in [5, 5.41) is -0.245. The van der Waals surface area contributed by atoms with Crippen LogP contribution in [-0.2, 0) is 11.3 Å². The molecule has 1 aliphatic heterocycles. The molecule has 3 aromatic rings. The van der Waals surface area contributed by atoms with Crippen LogP contribution in [0.3, 0.4) is 0 Å². The Morgan fingerprint density at radius 3 is 2.37 bits per heavy atom. The number of pyridine rings is 1. The van der Waals surface area contributed by atoms with Gasteiger partial charge in [0.05, 0.1) is 17.5 Å². The molecule has 0 unspecified atom stereocenters. The zero-order chi connectivity index (χ0) is 25.1. The Kier molecular flexibility index (Phi) is 7.08. The highest BCUT2D eigenvalue weighted by Crippen LogP contribution is 2.40. The number of aromatic nitrogens is 3. The van der Waals surface area contributed by atoms with Crippen molar-refractivity contribution in [2.75, 3.05) is 42.6 Å². The van der Waals surface area contributed by atoms with E-state index >= 15 is 4.39 Å². The molecule has 0 amide bonds. The number of piperazine rings is 1. The maximum absolute atomic E-state index is 15.5. The van der Waals surface area contributed by atoms with E-state index in [1.165, 1.54) is 10.8 Å². The number of esters is 1. The first-order valence-electron chi connectivity index (χ1n) is 11.1. The van der Waals surface area contributed by atoms with Gasteiger partial charge in [0.25, 0.3) is 0 Å². The molecule has 0 saturated carbocycles. The van der Waals surface area contributed by atoms with Gasteiger partial charge in [-0.2, -0.15) is 8.78 Å². The Morgan fingerprint density at radius 2 is 1.77 bits per heavy atom. The third-order valence-electron chi connectivity index (χ3n) is 5.72. The number of fused-ring (bicyclic) bond motifs is 1. The molecule has 3 heterocycles. The van der Waals surface area contributed by atoms with E-state index in [9.17, 15) is 18.4 Å². The third kappa shape index (κ3) is 4.73. The lowest BCUT2D eigenvalue weighted by Crippen LogP contribution is -2.47. The van der Waals surface area contributed by atoms with Crippen molar-refractivity contribution in [2.45, 2.75) is 27.0 Å². The Hall–Kier alpha value is -3.83. The van der Waals surface area contributed by atoms with Gasteiger partial charge in [-0.3, -0.25) is 4.79 Å². The van der Waals surface area contributed by atoms with Crippen molar-refractivity contribution in [3.8, 4) is 5.75 Å². The highest BCUT2D eigenvalue weighted by atomic mass is 19.3. The SMILES string of the molecule is CCOC(=O)c1cn(CC)c2c(OC(F)F)c(N3CCN(c4ncccn4)CC3)c(F)cc2c1=O. The molecule has 0 radical (unpaired) electrons. The van der Waals surface area contributed by atoms with Gasteiger partial charge in [-0.05, 0) is 26.0 Å². The van der Waals surface area contributed by atoms with Crippen LogP contribution in [-0.4, -0.2) is 59.9 Å². The minimum absolute atomic E-state index is 0.0175. The fourth-order valence-electron chi connectivity index (χ4n) is 4.17. The van der Waals surface area contributed by atoms with Gasteiger partial charge < -0.3 is 23.8 Å². The lowest BCUT2D eigenvalue weighted by molar-refractivity contribution is -0.0488. The van der Waals surface area contributed by atoms with Gasteiger partial charge in [-0.15, -0.1) is 0 Å². The first-order chi connectivity index (χ1) is 16.8. The number of anilines is 2. The zero-order valence-electron chi connectivity index (χ0n) is 19.2. The standard InChI is InChI=1S/C23H24F3N5O4/c1-3-29-13-15(21(33)34-4-2)19(32)14-12-16(24)18(20(17(14)29)35-22(25)26)30-8-10-31(11-9-30)23-27-6-5-7-28-23/h5-7,12-13,22H,3-4,8-11H2,1-2H3. The number of aryl methyl sites for hydroxylation is 1. The molecule has 9 nitrogen and oxygen atoms in total. The summed E-state index contributed by atoms with van der Waals surface area (Å²) in [5.74, 6) is -1.71. The molecule has 186 valence electrons. The molecular weight excluding hydrogens is 467 g/mol. The van der Waals surface area contributed by atoms with Crippen LogP contribution in [0.1, 0.15) is 24.2 Å². The molecule has 1 fully saturated rings. The average Bonchev–Trinajstić information content (AvgIpc) is 2.85. The van der Waals surface area contributed by atoms with Crippen LogP contribution in [0.5, 0.6) is 5.75 Å². The van der Waals surface area contributed by atoms with Crippen molar-refractivity contribution >= 4 is 28.5 Å². The Bertz CT molecular complexity index is 1280. The minimum Gasteiger partial charge on any atom is -0.462 e. The second-order valence-electron chi connectivity index (χ2n) is 7.71. The second-order valence-corrected chi connectivity index (χ2v) is 7.71. The predicted octanol–water partition coefficient (Wildman–Crippen LogP) is 3.06. The average molecular weight is 491 g/mol. The van der Waals surface area contributed by atoms with E-state index in [1.54, 1.807) is 37.2 Å². The quantitative estimate of drug-likeness (QED) is 0.466. The summed E-state index contributed by atoms with van der Waals surface area (Å²) in [6.07, 6.45) is 4.45. The third-order valence-corrected chi connectivity index (χ3v) is 5.72. The van der Waals surface area contributed by atoms with Crippen molar-refractivity contribution in [2.24, 2.45) is 0 Å². The molecule has 0 bridgehead atoms. The van der Waals surface area contributed by atoms with Gasteiger partial charge >= 0.3 is 12.6 Å². The second kappa shape index (κ2) is 10.2. The van der Waals surface area contributed by atoms with Gasteiger partial charge in [0, 0.05) is 51.3 Å². The number of carbonyl (C=O) groups is 1. The van der Waals surface area contributed by atoms with Crippen LogP contribution < -0.4 is 20.0 Å². The monoisotopic (exact) mass is 491 g/mol. The lowest BCUT2D eigenvalue weighted by Gasteiger charge is -2.37. The molecule has 0 atom stereocenters. The highest BCUT2D eigenvalue weighted by molar-refractivity contribution is 5.97. The highest BCUT2D eigenvalue weighted by Gasteiger charge is 2.30. The molecule has 1 aromatic carbocycles. The summed E-state index contributed by atoms with van der Waals surface area (Å²) in [6.45, 7) is 1.64. The molecule has 2 aromatic heterocycles. The molecule has 12 heteroatoms. The maximum atomic E-state index is 15.5. The number of rotatable bonds is 7. The summed E-state index contributed by atoms with van der Waals surface area (Å²) in [4.78, 5) is 37.2. The van der Waals surface area contributed by atoms with Crippen molar-refractivity contribution in [1.82, 2.24) is 14.5 Å². The van der Waals surface area contributed by atoms with Crippen LogP contribution in [0.2, 0.25) is 0 Å². The fourth-order valence-corrected chi connectivity index (χ4v) is 4.17. The van der Waals surface area contributed by atoms with E-state index in [4.69, 9.17) is 9.47 Å². The van der Waals surface area contributed by atoms with Gasteiger partial charge in [0.2, 0.25) is 11.4 Å². The largest absolute Gasteiger partial charge is 0.462 e. The van der Waals surface area contributed by atoms with Crippen LogP contribution in [0, 0.1) is 5.82 Å². The summed E-state index contributed by atoms with van der Waals surface area (Å²) in [5.41, 5.74) is -1.32. The van der Waals surface area contributed by atoms with Gasteiger partial charge in [-0.1, -0.05) is 0 Å². The zero-order valence-corrected chi connectivity index (χ0v) is 19.2. The number of hydrogen-bond acceptors (Lipinski definition) is 8. The fraction of sp³-hybridized carbons (Fsp3) is 0.391. The van der Waals surface area contributed by atoms with E-state index in [1.807, 2.05) is 4.90 Å². The Labute approximate surface area is 198 Å². The molecule has 1 aliphatic rings. The van der Waals surface area contributed by atoms with Gasteiger partial charge in [0.1, 0.15) is 11.3 Å². The van der Waals surface area contributed by atoms with Crippen LogP contribution in [0.15, 0.2) is 35.5 Å². The van der Waals surface area contributed by atoms with E-state index in [0.29, 0.717) is 19.0 Å². The minimum atomic E-state index is -3.26. The molecule has 1 saturated heterocycles. The molecule has 0 aliphatic carbocycles. The first-order valence-corrected chi connectivity index (χ1v) is 11.1. The van der Waals surface area contributed by atoms with E-state index < -0.39 is 29.6 Å². The molecule has 0 spiro atoms. The molecular formula is C23H24F3N5O4. The molecule has 35 heavy (non-hydrogen) atoms. The summed E-state index contributed by atoms with van der Waals surface area (Å²) in [6, 6.07) is 2.66. The molecule has 4 rings (SSSR count). The molecule has 0 N–H and O–H groups in total. The van der Waals surface area contributed by atoms with Gasteiger partial charge in [0.15, 0.2) is 11.6 Å². The smallest absolute Gasteiger partial charge is 0.387 e. The number of alkyl halides is 2. The van der Waals surface area contributed by atoms with E-state index in [-0.39, 0.29) is 48.4 Å². The van der Waals surface area contributed by atoms with Crippen molar-refractivity contribution in [3.63, 3.8) is 0 Å². The number of carbonyl (C=O) groups excluding carboxylic acids is 1. The van der Waals surface area contributed by atoms with Gasteiger partial charge in [-0.25, -0.2) is 19.2 Å². The van der Waals surface area contributed by atoms with Crippen LogP contribution in [0.4, 0.5) is 24.8 Å². The van der Waals surface area contributed by atoms with Crippen LogP contribution >= 0.6 is 0 Å². The van der Waals surface area contributed by atoms with Crippen molar-refractivity contribution in [3.05, 3.63) is 52.3 Å². The number of halogens is 3. The first kappa shape index (κ1) is 24.3. The Balaban J connectivity index is 1.82. The number of nitrogens with zero attached hydrogens (tertiary/aromatic N) is 5. The van der Waals surface area contributed by atoms with E-state index in [2.05, 4.69) is 9.97 Å². The number of benzene rings is 1. The Morgan fingerprint density at radius 1 is 1.11 bits per heavy atom.